The molecule has 0 spiro atoms. The highest BCUT2D eigenvalue weighted by Crippen LogP contribution is 1.90. The maximum Gasteiger partial charge on any atom is 0.0212 e. The van der Waals surface area contributed by atoms with E-state index < -0.39 is 0 Å². The average molecular weight is 164 g/mol. The molecule has 0 heterocycles. The van der Waals surface area contributed by atoms with Gasteiger partial charge in [-0.2, -0.15) is 0 Å². The zero-order chi connectivity index (χ0) is 8.99. The van der Waals surface area contributed by atoms with Gasteiger partial charge in [0.05, 0.1) is 0 Å². The van der Waals surface area contributed by atoms with Gasteiger partial charge in [0.2, 0.25) is 0 Å². The molecule has 0 aromatic carbocycles. The first kappa shape index (κ1) is 16.4. The van der Waals surface area contributed by atoms with Gasteiger partial charge in [0.25, 0.3) is 0 Å². The molecule has 0 aromatic heterocycles. The molecule has 0 rings (SSSR count). The first-order chi connectivity index (χ1) is 4.77. The van der Waals surface area contributed by atoms with Gasteiger partial charge in [-0.25, -0.2) is 0 Å². The average Bonchev–Trinajstić information content (AvgIpc) is 1.96. The van der Waals surface area contributed by atoms with Crippen molar-refractivity contribution in [1.82, 2.24) is 5.43 Å². The first-order valence-electron chi connectivity index (χ1n) is 3.59. The lowest BCUT2D eigenvalue weighted by atomic mass is 10.7. The number of hydrazine groups is 1. The Hall–Kier alpha value is -0.150. The molecule has 0 unspecified atom stereocenters. The summed E-state index contributed by atoms with van der Waals surface area (Å²) in [5.74, 6) is 4.85. The van der Waals surface area contributed by atoms with Crippen LogP contribution < -0.4 is 11.3 Å². The van der Waals surface area contributed by atoms with E-state index in [-0.39, 0.29) is 0 Å². The Balaban J connectivity index is -0.000000105. The minimum atomic E-state index is 0.873. The van der Waals surface area contributed by atoms with Crippen LogP contribution in [-0.2, 0) is 0 Å². The Labute approximate surface area is 70.3 Å². The lowest BCUT2D eigenvalue weighted by Crippen LogP contribution is -2.13. The van der Waals surface area contributed by atoms with Crippen LogP contribution in [0.15, 0.2) is 11.1 Å². The molecule has 0 amide bonds. The van der Waals surface area contributed by atoms with Crippen molar-refractivity contribution in [3.8, 4) is 0 Å². The van der Waals surface area contributed by atoms with Crippen molar-refractivity contribution in [2.24, 2.45) is 5.84 Å². The minimum absolute atomic E-state index is 0.873. The van der Waals surface area contributed by atoms with Crippen molar-refractivity contribution >= 4 is 12.6 Å². The predicted octanol–water partition coefficient (Wildman–Crippen LogP) is 2.29. The quantitative estimate of drug-likeness (QED) is 0.316. The molecule has 0 aliphatic carbocycles. The minimum Gasteiger partial charge on any atom is -0.331 e. The van der Waals surface area contributed by atoms with Crippen LogP contribution in [-0.4, -0.2) is 0 Å². The van der Waals surface area contributed by atoms with Gasteiger partial charge in [-0.05, 0) is 11.8 Å². The van der Waals surface area contributed by atoms with Crippen LogP contribution in [0.2, 0.25) is 0 Å². The summed E-state index contributed by atoms with van der Waals surface area (Å²) < 4.78 is 0. The molecule has 0 aromatic rings. The largest absolute Gasteiger partial charge is 0.331 e. The van der Waals surface area contributed by atoms with Crippen LogP contribution in [0.1, 0.15) is 34.6 Å². The van der Waals surface area contributed by atoms with E-state index in [4.69, 9.17) is 5.84 Å². The smallest absolute Gasteiger partial charge is 0.0212 e. The second-order valence-electron chi connectivity index (χ2n) is 0.952. The van der Waals surface area contributed by atoms with E-state index in [1.54, 1.807) is 6.20 Å². The molecule has 0 radical (unpaired) electrons. The Bertz CT molecular complexity index is 58.6. The highest BCUT2D eigenvalue weighted by Gasteiger charge is 1.66. The molecule has 10 heavy (non-hydrogen) atoms. The van der Waals surface area contributed by atoms with Gasteiger partial charge in [-0.3, -0.25) is 5.84 Å². The number of thiol groups is 1. The molecule has 0 aliphatic rings. The molecule has 64 valence electrons. The third-order valence-corrected chi connectivity index (χ3v) is 0.421. The van der Waals surface area contributed by atoms with Crippen molar-refractivity contribution in [2.45, 2.75) is 34.6 Å². The zero-order valence-electron chi connectivity index (χ0n) is 7.60. The zero-order valence-corrected chi connectivity index (χ0v) is 8.50. The molecule has 0 fully saturated rings. The van der Waals surface area contributed by atoms with E-state index in [2.05, 4.69) is 18.1 Å². The SMILES string of the molecule is C/C(S)=C/NN.CC.CC. The van der Waals surface area contributed by atoms with Gasteiger partial charge >= 0.3 is 0 Å². The lowest BCUT2D eigenvalue weighted by Gasteiger charge is -1.84. The number of hydrogen-bond acceptors (Lipinski definition) is 3. The second-order valence-corrected chi connectivity index (χ2v) is 1.66. The standard InChI is InChI=1S/C3H8N2S.2C2H6/c1-3(6)2-5-4;2*1-2/h2,5-6H,4H2,1H3;2*1-2H3/b3-2-;;. The summed E-state index contributed by atoms with van der Waals surface area (Å²) in [6.07, 6.45) is 1.60. The van der Waals surface area contributed by atoms with E-state index in [1.165, 1.54) is 0 Å². The maximum absolute atomic E-state index is 4.85. The highest BCUT2D eigenvalue weighted by atomic mass is 32.1. The van der Waals surface area contributed by atoms with E-state index >= 15 is 0 Å². The summed E-state index contributed by atoms with van der Waals surface area (Å²) in [6, 6.07) is 0. The fourth-order valence-electron chi connectivity index (χ4n) is 0.121. The topological polar surface area (TPSA) is 38.0 Å². The van der Waals surface area contributed by atoms with Crippen molar-refractivity contribution in [3.05, 3.63) is 11.1 Å². The molecule has 0 aliphatic heterocycles. The highest BCUT2D eigenvalue weighted by molar-refractivity contribution is 7.84. The molecule has 3 heteroatoms. The number of nitrogens with one attached hydrogen (secondary N) is 1. The normalized spacial score (nSPS) is 8.10. The number of rotatable bonds is 1. The van der Waals surface area contributed by atoms with Crippen LogP contribution in [0.3, 0.4) is 0 Å². The molecular weight excluding hydrogens is 144 g/mol. The van der Waals surface area contributed by atoms with E-state index in [1.807, 2.05) is 34.6 Å². The molecule has 3 N–H and O–H groups in total. The molecule has 0 saturated carbocycles. The Morgan fingerprint density at radius 1 is 1.30 bits per heavy atom. The van der Waals surface area contributed by atoms with Crippen molar-refractivity contribution in [1.29, 1.82) is 0 Å². The summed E-state index contributed by atoms with van der Waals surface area (Å²) in [7, 11) is 0. The van der Waals surface area contributed by atoms with Gasteiger partial charge in [0, 0.05) is 6.20 Å². The van der Waals surface area contributed by atoms with Crippen LogP contribution in [0.25, 0.3) is 0 Å². The summed E-state index contributed by atoms with van der Waals surface area (Å²) in [4.78, 5) is 0.873. The first-order valence-corrected chi connectivity index (χ1v) is 4.04. The summed E-state index contributed by atoms with van der Waals surface area (Å²) in [5, 5.41) is 0. The maximum atomic E-state index is 4.85. The van der Waals surface area contributed by atoms with E-state index in [9.17, 15) is 0 Å². The van der Waals surface area contributed by atoms with Crippen LogP contribution in [0.4, 0.5) is 0 Å². The van der Waals surface area contributed by atoms with E-state index in [0.717, 1.165) is 4.91 Å². The third kappa shape index (κ3) is 45.3. The van der Waals surface area contributed by atoms with Crippen LogP contribution in [0, 0.1) is 0 Å². The van der Waals surface area contributed by atoms with Gasteiger partial charge in [-0.1, -0.05) is 27.7 Å². The summed E-state index contributed by atoms with van der Waals surface area (Å²) in [5.41, 5.74) is 2.33. The summed E-state index contributed by atoms with van der Waals surface area (Å²) in [6.45, 7) is 9.84. The van der Waals surface area contributed by atoms with Gasteiger partial charge < -0.3 is 5.43 Å². The Morgan fingerprint density at radius 3 is 1.60 bits per heavy atom. The number of hydrogen-bond donors (Lipinski definition) is 3. The molecule has 2 nitrogen and oxygen atoms in total. The van der Waals surface area contributed by atoms with Gasteiger partial charge in [-0.15, -0.1) is 12.6 Å². The fraction of sp³-hybridized carbons (Fsp3) is 0.714. The lowest BCUT2D eigenvalue weighted by molar-refractivity contribution is 0.963. The van der Waals surface area contributed by atoms with Gasteiger partial charge in [0.1, 0.15) is 0 Å². The van der Waals surface area contributed by atoms with Crippen LogP contribution in [0.5, 0.6) is 0 Å². The third-order valence-electron chi connectivity index (χ3n) is 0.292. The Morgan fingerprint density at radius 2 is 1.60 bits per heavy atom. The van der Waals surface area contributed by atoms with Crippen molar-refractivity contribution in [3.63, 3.8) is 0 Å². The molecule has 0 atom stereocenters. The van der Waals surface area contributed by atoms with Crippen LogP contribution >= 0.6 is 12.6 Å². The van der Waals surface area contributed by atoms with Crippen molar-refractivity contribution in [2.75, 3.05) is 0 Å². The molecule has 0 bridgehead atoms. The summed E-state index contributed by atoms with van der Waals surface area (Å²) >= 11 is 3.90. The van der Waals surface area contributed by atoms with Crippen molar-refractivity contribution < 1.29 is 0 Å². The number of nitrogens with two attached hydrogens (primary N) is 1. The van der Waals surface area contributed by atoms with E-state index in [0.29, 0.717) is 0 Å². The predicted molar refractivity (Wildman–Crippen MR) is 52.8 cm³/mol. The van der Waals surface area contributed by atoms with Gasteiger partial charge in [0.15, 0.2) is 0 Å². The molecular formula is C7H20N2S. The molecule has 0 saturated heterocycles. The fourth-order valence-corrected chi connectivity index (χ4v) is 0.195. The monoisotopic (exact) mass is 164 g/mol. The second kappa shape index (κ2) is 23.2. The number of allylic oxidation sites excluding steroid dienone is 1. The Kier molecular flexibility index (Phi) is 38.1.